The van der Waals surface area contributed by atoms with Gasteiger partial charge in [-0.15, -0.1) is 0 Å². The van der Waals surface area contributed by atoms with Gasteiger partial charge in [0, 0.05) is 11.8 Å². The number of Topliss-reactive ketones (excluding diaryl/α,β-unsaturated/α-hetero) is 1. The molecule has 0 saturated heterocycles. The van der Waals surface area contributed by atoms with Crippen LogP contribution in [0, 0.1) is 16.2 Å². The van der Waals surface area contributed by atoms with E-state index in [1.165, 1.54) is 19.1 Å². The van der Waals surface area contributed by atoms with Gasteiger partial charge in [0.2, 0.25) is 0 Å². The Bertz CT molecular complexity index is 963. The first-order valence-electron chi connectivity index (χ1n) is 10.4. The molecule has 0 aliphatic heterocycles. The summed E-state index contributed by atoms with van der Waals surface area (Å²) >= 11 is 0. The van der Waals surface area contributed by atoms with Gasteiger partial charge in [0.25, 0.3) is 0 Å². The maximum Gasteiger partial charge on any atom is 0.338 e. The number of hydrogen-bond acceptors (Lipinski definition) is 7. The van der Waals surface area contributed by atoms with Crippen LogP contribution in [-0.2, 0) is 28.6 Å². The van der Waals surface area contributed by atoms with E-state index in [9.17, 15) is 24.6 Å². The minimum Gasteiger partial charge on any atom is -0.763 e. The molecule has 0 aromatic heterocycles. The number of benzene rings is 1. The summed E-state index contributed by atoms with van der Waals surface area (Å²) in [7, 11) is 2.27. The summed E-state index contributed by atoms with van der Waals surface area (Å²) in [6, 6.07) is 6.09. The van der Waals surface area contributed by atoms with E-state index in [-0.39, 0.29) is 29.9 Å². The van der Waals surface area contributed by atoms with E-state index in [0.29, 0.717) is 5.56 Å². The fourth-order valence-corrected chi connectivity index (χ4v) is 3.48. The number of methoxy groups -OCH3 is 2. The zero-order chi connectivity index (χ0) is 25.6. The minimum atomic E-state index is -1.73. The van der Waals surface area contributed by atoms with Gasteiger partial charge in [0.05, 0.1) is 25.2 Å². The topological polar surface area (TPSA) is 118 Å². The minimum absolute atomic E-state index is 0.0402. The lowest BCUT2D eigenvalue weighted by Crippen LogP contribution is -2.39. The van der Waals surface area contributed by atoms with Crippen LogP contribution in [0.2, 0.25) is 0 Å². The standard InChI is InChI=1S/C25H32NO7/c1-23(2,3)20(28)24(4,5)15-33-19(27)17-11-9-10-16(12-17)18(14-26)13-25(6,21(29)31-7)22(30)32-8/h9-12H,13,15H2,1-8H3/q-1. The highest BCUT2D eigenvalue weighted by Crippen LogP contribution is 2.33. The number of esters is 3. The third-order valence-electron chi connectivity index (χ3n) is 5.24. The van der Waals surface area contributed by atoms with Crippen LogP contribution >= 0.6 is 0 Å². The summed E-state index contributed by atoms with van der Waals surface area (Å²) in [4.78, 5) is 49.7. The summed E-state index contributed by atoms with van der Waals surface area (Å²) in [5, 5.41) is 9.68. The second kappa shape index (κ2) is 10.6. The molecule has 0 unspecified atom stereocenters. The molecule has 0 saturated carbocycles. The number of ketones is 1. The van der Waals surface area contributed by atoms with Crippen molar-refractivity contribution in [2.45, 2.75) is 48.0 Å². The molecule has 33 heavy (non-hydrogen) atoms. The van der Waals surface area contributed by atoms with Crippen molar-refractivity contribution < 1.29 is 33.4 Å². The van der Waals surface area contributed by atoms with Crippen LogP contribution in [0.4, 0.5) is 0 Å². The highest BCUT2D eigenvalue weighted by Gasteiger charge is 2.44. The number of ether oxygens (including phenoxy) is 3. The van der Waals surface area contributed by atoms with Crippen molar-refractivity contribution >= 4 is 35.1 Å². The summed E-state index contributed by atoms with van der Waals surface area (Å²) < 4.78 is 14.8. The van der Waals surface area contributed by atoms with Crippen molar-refractivity contribution in [3.63, 3.8) is 0 Å². The molecule has 8 nitrogen and oxygen atoms in total. The summed E-state index contributed by atoms with van der Waals surface area (Å²) in [5.41, 5.74) is -2.60. The van der Waals surface area contributed by atoms with Crippen LogP contribution in [0.5, 0.6) is 0 Å². The molecule has 0 fully saturated rings. The number of nitrogens with zero attached hydrogens (tertiary/aromatic N) is 1. The van der Waals surface area contributed by atoms with Crippen molar-refractivity contribution in [3.8, 4) is 0 Å². The molecule has 0 spiro atoms. The third-order valence-corrected chi connectivity index (χ3v) is 5.24. The largest absolute Gasteiger partial charge is 0.763 e. The second-order valence-electron chi connectivity index (χ2n) is 9.70. The first-order chi connectivity index (χ1) is 15.1. The lowest BCUT2D eigenvalue weighted by Gasteiger charge is -2.30. The van der Waals surface area contributed by atoms with Crippen molar-refractivity contribution in [2.75, 3.05) is 20.8 Å². The fraction of sp³-hybridized carbons (Fsp3) is 0.520. The Morgan fingerprint density at radius 2 is 1.42 bits per heavy atom. The summed E-state index contributed by atoms with van der Waals surface area (Å²) in [5.74, 6) is -0.398. The number of rotatable bonds is 9. The Morgan fingerprint density at radius 1 is 0.909 bits per heavy atom. The maximum atomic E-state index is 12.6. The smallest absolute Gasteiger partial charge is 0.338 e. The van der Waals surface area contributed by atoms with Crippen molar-refractivity contribution in [1.29, 1.82) is 0 Å². The maximum absolute atomic E-state index is 12.6. The molecule has 1 aromatic carbocycles. The average molecular weight is 459 g/mol. The number of hydrogen-bond donors (Lipinski definition) is 0. The van der Waals surface area contributed by atoms with Crippen molar-refractivity contribution in [3.05, 3.63) is 40.8 Å². The van der Waals surface area contributed by atoms with Gasteiger partial charge in [-0.25, -0.2) is 4.79 Å². The quantitative estimate of drug-likeness (QED) is 0.239. The normalized spacial score (nSPS) is 11.8. The summed E-state index contributed by atoms with van der Waals surface area (Å²) in [6.45, 7) is 10.1. The highest BCUT2D eigenvalue weighted by molar-refractivity contribution is 6.04. The molecule has 8 heteroatoms. The number of allylic oxidation sites excluding steroid dienone is 1. The van der Waals surface area contributed by atoms with Gasteiger partial charge in [-0.1, -0.05) is 32.9 Å². The molecule has 180 valence electrons. The van der Waals surface area contributed by atoms with Crippen LogP contribution in [0.3, 0.4) is 0 Å². The molecule has 0 aliphatic rings. The fourth-order valence-electron chi connectivity index (χ4n) is 3.48. The molecule has 1 aromatic rings. The van der Waals surface area contributed by atoms with Crippen molar-refractivity contribution in [2.24, 2.45) is 16.2 Å². The Hall–Kier alpha value is -3.25. The molecule has 0 atom stereocenters. The predicted molar refractivity (Wildman–Crippen MR) is 123 cm³/mol. The molecule has 1 rings (SSSR count). The SMILES string of the molecule is COC(=O)C(C)(CC(=C=[N-])c1cccc(C(=O)OCC(C)(C)C(=O)C(C)(C)C)c1)C(=O)OC. The van der Waals surface area contributed by atoms with Crippen molar-refractivity contribution in [1.82, 2.24) is 0 Å². The molecular weight excluding hydrogens is 426 g/mol. The van der Waals surface area contributed by atoms with Gasteiger partial charge >= 0.3 is 17.9 Å². The Balaban J connectivity index is 3.14. The van der Waals surface area contributed by atoms with E-state index in [0.717, 1.165) is 14.2 Å². The monoisotopic (exact) mass is 458 g/mol. The third kappa shape index (κ3) is 6.62. The lowest BCUT2D eigenvalue weighted by atomic mass is 9.75. The van der Waals surface area contributed by atoms with E-state index in [4.69, 9.17) is 14.2 Å². The van der Waals surface area contributed by atoms with E-state index in [1.807, 2.05) is 5.87 Å². The van der Waals surface area contributed by atoms with Crippen LogP contribution in [0.15, 0.2) is 24.3 Å². The Kier molecular flexibility index (Phi) is 8.91. The van der Waals surface area contributed by atoms with Crippen LogP contribution < -0.4 is 0 Å². The zero-order valence-corrected chi connectivity index (χ0v) is 20.5. The van der Waals surface area contributed by atoms with Crippen LogP contribution in [0.1, 0.15) is 63.9 Å². The molecule has 0 aliphatic carbocycles. The Labute approximate surface area is 194 Å². The molecule has 0 amide bonds. The van der Waals surface area contributed by atoms with E-state index >= 15 is 0 Å². The molecule has 0 heterocycles. The molecule has 0 radical (unpaired) electrons. The van der Waals surface area contributed by atoms with Crippen LogP contribution in [0.25, 0.3) is 11.0 Å². The average Bonchev–Trinajstić information content (AvgIpc) is 2.78. The van der Waals surface area contributed by atoms with Gasteiger partial charge in [0.1, 0.15) is 12.4 Å². The Morgan fingerprint density at radius 3 is 1.88 bits per heavy atom. The first-order valence-corrected chi connectivity index (χ1v) is 10.4. The van der Waals surface area contributed by atoms with Gasteiger partial charge < -0.3 is 19.6 Å². The van der Waals surface area contributed by atoms with E-state index < -0.39 is 34.2 Å². The molecule has 0 bridgehead atoms. The molecule has 0 N–H and O–H groups in total. The number of carbonyl (C=O) groups is 4. The first kappa shape index (κ1) is 27.8. The molecular formula is C25H32NO7-. The van der Waals surface area contributed by atoms with Gasteiger partial charge in [-0.05, 0) is 44.0 Å². The highest BCUT2D eigenvalue weighted by atomic mass is 16.5. The lowest BCUT2D eigenvalue weighted by molar-refractivity contribution is -0.167. The summed E-state index contributed by atoms with van der Waals surface area (Å²) in [6.07, 6.45) is -0.283. The van der Waals surface area contributed by atoms with E-state index in [1.54, 1.807) is 46.8 Å². The predicted octanol–water partition coefficient (Wildman–Crippen LogP) is 3.85. The van der Waals surface area contributed by atoms with Gasteiger partial charge in [0.15, 0.2) is 5.41 Å². The number of carbonyl (C=O) groups excluding carboxylic acids is 4. The zero-order valence-electron chi connectivity index (χ0n) is 20.5. The van der Waals surface area contributed by atoms with Gasteiger partial charge in [-0.2, -0.15) is 0 Å². The second-order valence-corrected chi connectivity index (χ2v) is 9.70. The van der Waals surface area contributed by atoms with Gasteiger partial charge in [-0.3, -0.25) is 20.3 Å². The van der Waals surface area contributed by atoms with Crippen LogP contribution in [-0.4, -0.2) is 50.4 Å². The van der Waals surface area contributed by atoms with E-state index in [2.05, 4.69) is 0 Å².